The molecule has 1 N–H and O–H groups in total. The van der Waals surface area contributed by atoms with Crippen LogP contribution in [-0.4, -0.2) is 10.9 Å². The Morgan fingerprint density at radius 2 is 1.90 bits per heavy atom. The molecule has 1 atom stereocenters. The Bertz CT molecular complexity index is 571. The second kappa shape index (κ2) is 7.11. The van der Waals surface area contributed by atoms with Crippen LogP contribution in [0.2, 0.25) is 5.02 Å². The summed E-state index contributed by atoms with van der Waals surface area (Å²) in [6, 6.07) is 12.1. The molecule has 2 aromatic rings. The van der Waals surface area contributed by atoms with E-state index in [1.54, 1.807) is 17.8 Å². The average molecular weight is 311 g/mol. The Labute approximate surface area is 127 Å². The maximum atomic E-state index is 13.0. The van der Waals surface area contributed by atoms with Gasteiger partial charge in [0.15, 0.2) is 0 Å². The zero-order valence-corrected chi connectivity index (χ0v) is 12.7. The third-order valence-corrected chi connectivity index (χ3v) is 4.25. The van der Waals surface area contributed by atoms with Crippen LogP contribution in [0.4, 0.5) is 4.39 Å². The number of benzene rings is 2. The van der Waals surface area contributed by atoms with Gasteiger partial charge in [0, 0.05) is 16.3 Å². The Hall–Kier alpha value is -1.03. The van der Waals surface area contributed by atoms with Gasteiger partial charge in [-0.15, -0.1) is 11.8 Å². The highest BCUT2D eigenvalue weighted by molar-refractivity contribution is 7.99. The van der Waals surface area contributed by atoms with Crippen LogP contribution in [0.3, 0.4) is 0 Å². The van der Waals surface area contributed by atoms with E-state index in [0.717, 1.165) is 16.9 Å². The summed E-state index contributed by atoms with van der Waals surface area (Å²) in [5, 5.41) is 10.6. The van der Waals surface area contributed by atoms with Gasteiger partial charge in [0.2, 0.25) is 0 Å². The van der Waals surface area contributed by atoms with Crippen LogP contribution in [0, 0.1) is 5.82 Å². The molecule has 0 saturated heterocycles. The maximum Gasteiger partial charge on any atom is 0.124 e. The fraction of sp³-hybridized carbons (Fsp3) is 0.250. The van der Waals surface area contributed by atoms with E-state index in [-0.39, 0.29) is 5.82 Å². The monoisotopic (exact) mass is 310 g/mol. The molecule has 0 saturated carbocycles. The number of aliphatic hydroxyl groups excluding tert-OH is 1. The summed E-state index contributed by atoms with van der Waals surface area (Å²) in [7, 11) is 0. The van der Waals surface area contributed by atoms with Gasteiger partial charge < -0.3 is 5.11 Å². The van der Waals surface area contributed by atoms with Crippen LogP contribution >= 0.6 is 23.4 Å². The minimum absolute atomic E-state index is 0.349. The summed E-state index contributed by atoms with van der Waals surface area (Å²) in [5.74, 6) is 0.654. The minimum Gasteiger partial charge on any atom is -0.388 e. The molecule has 2 rings (SSSR count). The lowest BCUT2D eigenvalue weighted by atomic mass is 10.0. The van der Waals surface area contributed by atoms with Gasteiger partial charge in [0.1, 0.15) is 5.82 Å². The van der Waals surface area contributed by atoms with Crippen LogP contribution in [0.5, 0.6) is 0 Å². The molecule has 0 bridgehead atoms. The SMILES string of the molecule is CCSc1ccc(C(O)Cc2ccc(F)cc2Cl)cc1. The molecule has 0 aliphatic rings. The van der Waals surface area contributed by atoms with Gasteiger partial charge in [0.05, 0.1) is 6.10 Å². The lowest BCUT2D eigenvalue weighted by Crippen LogP contribution is -2.02. The molecule has 0 aliphatic carbocycles. The number of hydrogen-bond donors (Lipinski definition) is 1. The smallest absolute Gasteiger partial charge is 0.124 e. The summed E-state index contributed by atoms with van der Waals surface area (Å²) >= 11 is 7.73. The van der Waals surface area contributed by atoms with E-state index >= 15 is 0 Å². The van der Waals surface area contributed by atoms with Gasteiger partial charge in [-0.1, -0.05) is 36.7 Å². The maximum absolute atomic E-state index is 13.0. The van der Waals surface area contributed by atoms with E-state index < -0.39 is 6.10 Å². The van der Waals surface area contributed by atoms with Gasteiger partial charge in [-0.2, -0.15) is 0 Å². The molecule has 4 heteroatoms. The van der Waals surface area contributed by atoms with Gasteiger partial charge in [-0.25, -0.2) is 4.39 Å². The predicted octanol–water partition coefficient (Wildman–Crippen LogP) is 4.87. The first-order valence-corrected chi connectivity index (χ1v) is 7.81. The second-order valence-corrected chi connectivity index (χ2v) is 6.20. The quantitative estimate of drug-likeness (QED) is 0.795. The van der Waals surface area contributed by atoms with E-state index in [1.165, 1.54) is 17.0 Å². The topological polar surface area (TPSA) is 20.2 Å². The van der Waals surface area contributed by atoms with Crippen LogP contribution < -0.4 is 0 Å². The molecule has 0 fully saturated rings. The summed E-state index contributed by atoms with van der Waals surface area (Å²) in [6.07, 6.45) is -0.266. The molecule has 20 heavy (non-hydrogen) atoms. The molecule has 0 aromatic heterocycles. The Balaban J connectivity index is 2.09. The standard InChI is InChI=1S/C16H16ClFOS/c1-2-20-14-7-4-11(5-8-14)16(19)9-12-3-6-13(18)10-15(12)17/h3-8,10,16,19H,2,9H2,1H3. The highest BCUT2D eigenvalue weighted by Gasteiger charge is 2.11. The van der Waals surface area contributed by atoms with Crippen molar-refractivity contribution in [1.82, 2.24) is 0 Å². The van der Waals surface area contributed by atoms with Gasteiger partial charge in [-0.05, 0) is 41.1 Å². The molecular formula is C16H16ClFOS. The molecule has 1 nitrogen and oxygen atoms in total. The van der Waals surface area contributed by atoms with Crippen molar-refractivity contribution in [3.8, 4) is 0 Å². The van der Waals surface area contributed by atoms with Gasteiger partial charge >= 0.3 is 0 Å². The molecule has 2 aromatic carbocycles. The first-order valence-electron chi connectivity index (χ1n) is 6.45. The molecule has 0 heterocycles. The Kier molecular flexibility index (Phi) is 5.46. The number of halogens is 2. The van der Waals surface area contributed by atoms with E-state index in [1.807, 2.05) is 24.3 Å². The fourth-order valence-electron chi connectivity index (χ4n) is 1.97. The summed E-state index contributed by atoms with van der Waals surface area (Å²) in [6.45, 7) is 2.10. The van der Waals surface area contributed by atoms with Crippen LogP contribution in [0.15, 0.2) is 47.4 Å². The van der Waals surface area contributed by atoms with Crippen molar-refractivity contribution >= 4 is 23.4 Å². The Morgan fingerprint density at radius 1 is 1.20 bits per heavy atom. The van der Waals surface area contributed by atoms with Crippen molar-refractivity contribution in [1.29, 1.82) is 0 Å². The normalized spacial score (nSPS) is 12.4. The van der Waals surface area contributed by atoms with E-state index in [4.69, 9.17) is 11.6 Å². The van der Waals surface area contributed by atoms with Crippen LogP contribution in [0.1, 0.15) is 24.2 Å². The molecule has 0 spiro atoms. The van der Waals surface area contributed by atoms with Crippen LogP contribution in [-0.2, 0) is 6.42 Å². The van der Waals surface area contributed by atoms with Crippen molar-refractivity contribution < 1.29 is 9.50 Å². The number of thioether (sulfide) groups is 1. The number of rotatable bonds is 5. The lowest BCUT2D eigenvalue weighted by molar-refractivity contribution is 0.178. The Morgan fingerprint density at radius 3 is 2.50 bits per heavy atom. The van der Waals surface area contributed by atoms with Crippen LogP contribution in [0.25, 0.3) is 0 Å². The zero-order chi connectivity index (χ0) is 14.5. The number of hydrogen-bond acceptors (Lipinski definition) is 2. The average Bonchev–Trinajstić information content (AvgIpc) is 2.43. The first-order chi connectivity index (χ1) is 9.60. The highest BCUT2D eigenvalue weighted by atomic mass is 35.5. The minimum atomic E-state index is -0.640. The largest absolute Gasteiger partial charge is 0.388 e. The number of aliphatic hydroxyl groups is 1. The lowest BCUT2D eigenvalue weighted by Gasteiger charge is -2.13. The molecular weight excluding hydrogens is 295 g/mol. The third-order valence-electron chi connectivity index (χ3n) is 3.00. The second-order valence-electron chi connectivity index (χ2n) is 4.46. The summed E-state index contributed by atoms with van der Waals surface area (Å²) in [4.78, 5) is 1.18. The van der Waals surface area contributed by atoms with Crippen molar-refractivity contribution in [2.75, 3.05) is 5.75 Å². The van der Waals surface area contributed by atoms with E-state index in [9.17, 15) is 9.50 Å². The molecule has 1 unspecified atom stereocenters. The summed E-state index contributed by atoms with van der Waals surface area (Å²) in [5.41, 5.74) is 1.58. The summed E-state index contributed by atoms with van der Waals surface area (Å²) < 4.78 is 13.0. The van der Waals surface area contributed by atoms with E-state index in [0.29, 0.717) is 11.4 Å². The molecule has 0 aliphatic heterocycles. The van der Waals surface area contributed by atoms with Crippen molar-refractivity contribution in [3.63, 3.8) is 0 Å². The first kappa shape index (κ1) is 15.4. The highest BCUT2D eigenvalue weighted by Crippen LogP contribution is 2.26. The van der Waals surface area contributed by atoms with E-state index in [2.05, 4.69) is 6.92 Å². The predicted molar refractivity (Wildman–Crippen MR) is 82.9 cm³/mol. The van der Waals surface area contributed by atoms with Crippen molar-refractivity contribution in [2.45, 2.75) is 24.3 Å². The zero-order valence-electron chi connectivity index (χ0n) is 11.1. The van der Waals surface area contributed by atoms with Gasteiger partial charge in [0.25, 0.3) is 0 Å². The molecule has 0 radical (unpaired) electrons. The van der Waals surface area contributed by atoms with Crippen molar-refractivity contribution in [3.05, 3.63) is 64.4 Å². The molecule has 0 amide bonds. The third kappa shape index (κ3) is 3.98. The van der Waals surface area contributed by atoms with Gasteiger partial charge in [-0.3, -0.25) is 0 Å². The fourth-order valence-corrected chi connectivity index (χ4v) is 2.87. The van der Waals surface area contributed by atoms with Crippen molar-refractivity contribution in [2.24, 2.45) is 0 Å². The molecule has 106 valence electrons.